The predicted octanol–water partition coefficient (Wildman–Crippen LogP) is 1.11. The molecule has 0 aromatic rings. The van der Waals surface area contributed by atoms with Crippen molar-refractivity contribution in [1.82, 2.24) is 10.6 Å². The SMILES string of the molecule is CC#CCNC(=O)N[C@@H]1C[C@H]1CC. The molecular weight excluding hydrogens is 164 g/mol. The number of amides is 2. The van der Waals surface area contributed by atoms with Crippen molar-refractivity contribution >= 4 is 6.03 Å². The highest BCUT2D eigenvalue weighted by atomic mass is 16.2. The Morgan fingerprint density at radius 1 is 1.62 bits per heavy atom. The lowest BCUT2D eigenvalue weighted by Crippen LogP contribution is -2.37. The van der Waals surface area contributed by atoms with Crippen LogP contribution in [-0.4, -0.2) is 18.6 Å². The molecule has 0 bridgehead atoms. The molecule has 1 aliphatic rings. The predicted molar refractivity (Wildman–Crippen MR) is 52.2 cm³/mol. The van der Waals surface area contributed by atoms with Gasteiger partial charge in [-0.3, -0.25) is 0 Å². The molecule has 0 aromatic carbocycles. The van der Waals surface area contributed by atoms with Crippen LogP contribution >= 0.6 is 0 Å². The van der Waals surface area contributed by atoms with Gasteiger partial charge in [0, 0.05) is 6.04 Å². The third-order valence-corrected chi connectivity index (χ3v) is 2.28. The van der Waals surface area contributed by atoms with Crippen LogP contribution in [0, 0.1) is 17.8 Å². The van der Waals surface area contributed by atoms with Gasteiger partial charge in [0.05, 0.1) is 6.54 Å². The van der Waals surface area contributed by atoms with Crippen molar-refractivity contribution in [2.75, 3.05) is 6.54 Å². The average Bonchev–Trinajstić information content (AvgIpc) is 2.84. The molecular formula is C10H16N2O. The molecule has 3 nitrogen and oxygen atoms in total. The van der Waals surface area contributed by atoms with E-state index < -0.39 is 0 Å². The molecule has 1 aliphatic carbocycles. The Hall–Kier alpha value is -1.17. The van der Waals surface area contributed by atoms with E-state index in [1.54, 1.807) is 6.92 Å². The lowest BCUT2D eigenvalue weighted by atomic mass is 10.3. The van der Waals surface area contributed by atoms with Crippen LogP contribution in [0.3, 0.4) is 0 Å². The maximum atomic E-state index is 11.1. The molecule has 1 fully saturated rings. The third-order valence-electron chi connectivity index (χ3n) is 2.28. The maximum Gasteiger partial charge on any atom is 0.315 e. The Morgan fingerprint density at radius 3 is 2.92 bits per heavy atom. The van der Waals surface area contributed by atoms with Crippen LogP contribution in [0.1, 0.15) is 26.7 Å². The minimum atomic E-state index is -0.0938. The topological polar surface area (TPSA) is 41.1 Å². The summed E-state index contributed by atoms with van der Waals surface area (Å²) in [5, 5.41) is 5.57. The Kier molecular flexibility index (Phi) is 3.63. The Morgan fingerprint density at radius 2 is 2.38 bits per heavy atom. The molecule has 0 aliphatic heterocycles. The fraction of sp³-hybridized carbons (Fsp3) is 0.700. The van der Waals surface area contributed by atoms with Gasteiger partial charge in [0.1, 0.15) is 0 Å². The van der Waals surface area contributed by atoms with Gasteiger partial charge >= 0.3 is 6.03 Å². The summed E-state index contributed by atoms with van der Waals surface area (Å²) in [6.07, 6.45) is 2.28. The summed E-state index contributed by atoms with van der Waals surface area (Å²) in [7, 11) is 0. The van der Waals surface area contributed by atoms with Crippen LogP contribution in [0.5, 0.6) is 0 Å². The summed E-state index contributed by atoms with van der Waals surface area (Å²) < 4.78 is 0. The van der Waals surface area contributed by atoms with E-state index in [0.717, 1.165) is 12.8 Å². The molecule has 2 amide bonds. The summed E-state index contributed by atoms with van der Waals surface area (Å²) in [5.74, 6) is 6.19. The van der Waals surface area contributed by atoms with E-state index in [4.69, 9.17) is 0 Å². The molecule has 0 spiro atoms. The quantitative estimate of drug-likeness (QED) is 0.627. The van der Waals surface area contributed by atoms with Crippen LogP contribution < -0.4 is 10.6 Å². The fourth-order valence-electron chi connectivity index (χ4n) is 1.31. The van der Waals surface area contributed by atoms with E-state index in [2.05, 4.69) is 29.4 Å². The van der Waals surface area contributed by atoms with Crippen molar-refractivity contribution < 1.29 is 4.79 Å². The zero-order valence-electron chi connectivity index (χ0n) is 8.18. The van der Waals surface area contributed by atoms with Crippen LogP contribution in [0.2, 0.25) is 0 Å². The van der Waals surface area contributed by atoms with Gasteiger partial charge in [-0.25, -0.2) is 4.79 Å². The van der Waals surface area contributed by atoms with Crippen LogP contribution in [0.4, 0.5) is 4.79 Å². The van der Waals surface area contributed by atoms with E-state index in [1.165, 1.54) is 0 Å². The summed E-state index contributed by atoms with van der Waals surface area (Å²) in [6.45, 7) is 4.34. The van der Waals surface area contributed by atoms with Crippen LogP contribution in [-0.2, 0) is 0 Å². The van der Waals surface area contributed by atoms with Gasteiger partial charge in [0.15, 0.2) is 0 Å². The molecule has 2 atom stereocenters. The number of hydrogen-bond donors (Lipinski definition) is 2. The van der Waals surface area contributed by atoms with Crippen molar-refractivity contribution in [3.05, 3.63) is 0 Å². The Bertz CT molecular complexity index is 239. The largest absolute Gasteiger partial charge is 0.335 e. The number of hydrogen-bond acceptors (Lipinski definition) is 1. The van der Waals surface area contributed by atoms with Gasteiger partial charge in [-0.1, -0.05) is 19.3 Å². The highest BCUT2D eigenvalue weighted by molar-refractivity contribution is 5.74. The second-order valence-electron chi connectivity index (χ2n) is 3.26. The summed E-state index contributed by atoms with van der Waals surface area (Å²) in [4.78, 5) is 11.1. The number of nitrogens with one attached hydrogen (secondary N) is 2. The first-order valence-corrected chi connectivity index (χ1v) is 4.72. The normalized spacial score (nSPS) is 24.2. The third kappa shape index (κ3) is 3.37. The van der Waals surface area contributed by atoms with Gasteiger partial charge in [0.25, 0.3) is 0 Å². The first kappa shape index (κ1) is 9.91. The second-order valence-corrected chi connectivity index (χ2v) is 3.26. The average molecular weight is 180 g/mol. The molecule has 2 N–H and O–H groups in total. The van der Waals surface area contributed by atoms with E-state index in [-0.39, 0.29) is 6.03 Å². The molecule has 3 heteroatoms. The highest BCUT2D eigenvalue weighted by Crippen LogP contribution is 2.32. The molecule has 13 heavy (non-hydrogen) atoms. The van der Waals surface area contributed by atoms with E-state index in [9.17, 15) is 4.79 Å². The molecule has 0 aromatic heterocycles. The monoisotopic (exact) mass is 180 g/mol. The van der Waals surface area contributed by atoms with Gasteiger partial charge in [-0.15, -0.1) is 5.92 Å². The smallest absolute Gasteiger partial charge is 0.315 e. The van der Waals surface area contributed by atoms with Crippen molar-refractivity contribution in [2.24, 2.45) is 5.92 Å². The van der Waals surface area contributed by atoms with Gasteiger partial charge < -0.3 is 10.6 Å². The first-order valence-electron chi connectivity index (χ1n) is 4.72. The van der Waals surface area contributed by atoms with E-state index in [1.807, 2.05) is 0 Å². The van der Waals surface area contributed by atoms with Crippen molar-refractivity contribution in [3.8, 4) is 11.8 Å². The number of urea groups is 1. The van der Waals surface area contributed by atoms with Gasteiger partial charge in [0.2, 0.25) is 0 Å². The molecule has 1 saturated carbocycles. The lowest BCUT2D eigenvalue weighted by molar-refractivity contribution is 0.241. The van der Waals surface area contributed by atoms with Crippen LogP contribution in [0.15, 0.2) is 0 Å². The first-order chi connectivity index (χ1) is 6.27. The van der Waals surface area contributed by atoms with Crippen molar-refractivity contribution in [2.45, 2.75) is 32.7 Å². The molecule has 72 valence electrons. The van der Waals surface area contributed by atoms with Crippen molar-refractivity contribution in [3.63, 3.8) is 0 Å². The molecule has 0 heterocycles. The van der Waals surface area contributed by atoms with Crippen molar-refractivity contribution in [1.29, 1.82) is 0 Å². The minimum Gasteiger partial charge on any atom is -0.335 e. The highest BCUT2D eigenvalue weighted by Gasteiger charge is 2.36. The Labute approximate surface area is 79.3 Å². The Balaban J connectivity index is 2.07. The zero-order chi connectivity index (χ0) is 9.68. The van der Waals surface area contributed by atoms with E-state index >= 15 is 0 Å². The number of carbonyl (C=O) groups is 1. The summed E-state index contributed by atoms with van der Waals surface area (Å²) in [5.41, 5.74) is 0. The number of carbonyl (C=O) groups excluding carboxylic acids is 1. The molecule has 0 radical (unpaired) electrons. The maximum absolute atomic E-state index is 11.1. The van der Waals surface area contributed by atoms with Crippen LogP contribution in [0.25, 0.3) is 0 Å². The van der Waals surface area contributed by atoms with Gasteiger partial charge in [-0.05, 0) is 19.3 Å². The second kappa shape index (κ2) is 4.76. The summed E-state index contributed by atoms with van der Waals surface area (Å²) >= 11 is 0. The molecule has 0 unspecified atom stereocenters. The van der Waals surface area contributed by atoms with Gasteiger partial charge in [-0.2, -0.15) is 0 Å². The molecule has 1 rings (SSSR count). The van der Waals surface area contributed by atoms with E-state index in [0.29, 0.717) is 18.5 Å². The summed E-state index contributed by atoms with van der Waals surface area (Å²) in [6, 6.07) is 0.309. The molecule has 0 saturated heterocycles. The standard InChI is InChI=1S/C10H16N2O/c1-3-5-6-11-10(13)12-9-7-8(9)4-2/h8-9H,4,6-7H2,1-2H3,(H2,11,12,13)/t8-,9-/m1/s1. The zero-order valence-corrected chi connectivity index (χ0v) is 8.18. The lowest BCUT2D eigenvalue weighted by Gasteiger charge is -2.03. The number of rotatable bonds is 3. The minimum absolute atomic E-state index is 0.0938. The fourth-order valence-corrected chi connectivity index (χ4v) is 1.31.